The summed E-state index contributed by atoms with van der Waals surface area (Å²) in [6.45, 7) is 8.93. The molecule has 2 aromatic rings. The number of piperazine rings is 1. The monoisotopic (exact) mass is 386 g/mol. The van der Waals surface area contributed by atoms with Gasteiger partial charge in [-0.1, -0.05) is 13.0 Å². The van der Waals surface area contributed by atoms with E-state index in [9.17, 15) is 9.59 Å². The van der Waals surface area contributed by atoms with Crippen LogP contribution in [0.4, 0.5) is 5.95 Å². The highest BCUT2D eigenvalue weighted by atomic mass is 32.1. The summed E-state index contributed by atoms with van der Waals surface area (Å²) in [6.07, 6.45) is 6.68. The summed E-state index contributed by atoms with van der Waals surface area (Å²) >= 11 is 1.69. The Bertz CT molecular complexity index is 938. The number of aryl methyl sites for hydroxylation is 2. The van der Waals surface area contributed by atoms with Gasteiger partial charge in [0, 0.05) is 44.0 Å². The lowest BCUT2D eigenvalue weighted by atomic mass is 9.97. The molecule has 144 valence electrons. The Hall–Kier alpha value is -2.15. The number of nitrogens with zero attached hydrogens (tertiary/aromatic N) is 4. The molecule has 1 aliphatic carbocycles. The van der Waals surface area contributed by atoms with Crippen molar-refractivity contribution in [3.8, 4) is 0 Å². The van der Waals surface area contributed by atoms with Crippen LogP contribution in [-0.4, -0.2) is 46.5 Å². The molecule has 2 aliphatic rings. The maximum absolute atomic E-state index is 13.3. The number of anilines is 1. The number of aromatic nitrogens is 2. The average molecular weight is 387 g/mol. The fourth-order valence-corrected chi connectivity index (χ4v) is 5.39. The molecule has 0 atom stereocenters. The van der Waals surface area contributed by atoms with Gasteiger partial charge >= 0.3 is 0 Å². The van der Waals surface area contributed by atoms with Gasteiger partial charge in [-0.05, 0) is 31.2 Å². The van der Waals surface area contributed by atoms with Crippen molar-refractivity contribution in [1.29, 1.82) is 0 Å². The molecule has 1 fully saturated rings. The van der Waals surface area contributed by atoms with Gasteiger partial charge in [-0.15, -0.1) is 17.9 Å². The maximum Gasteiger partial charge on any atom is 0.264 e. The fourth-order valence-electron chi connectivity index (χ4n) is 4.14. The first-order valence-corrected chi connectivity index (χ1v) is 10.6. The summed E-state index contributed by atoms with van der Waals surface area (Å²) < 4.78 is 1.76. The minimum Gasteiger partial charge on any atom is -0.339 e. The standard InChI is InChI=1S/C20H26N4O2S/c1-3-9-24-19(26)17-14-7-5-6-8-15(14)27-18(17)21-20(24)23-12-10-22(11-13-23)16(25)4-2/h3H,1,4-13H2,2H3. The highest BCUT2D eigenvalue weighted by molar-refractivity contribution is 7.18. The van der Waals surface area contributed by atoms with E-state index in [4.69, 9.17) is 4.98 Å². The molecule has 0 spiro atoms. The third-order valence-corrected chi connectivity index (χ3v) is 6.77. The molecule has 7 heteroatoms. The molecular formula is C20H26N4O2S. The van der Waals surface area contributed by atoms with E-state index in [-0.39, 0.29) is 11.5 Å². The first-order chi connectivity index (χ1) is 13.1. The maximum atomic E-state index is 13.3. The van der Waals surface area contributed by atoms with Gasteiger partial charge in [0.1, 0.15) is 4.83 Å². The Morgan fingerprint density at radius 3 is 2.67 bits per heavy atom. The topological polar surface area (TPSA) is 58.4 Å². The zero-order valence-corrected chi connectivity index (χ0v) is 16.7. The largest absolute Gasteiger partial charge is 0.339 e. The van der Waals surface area contributed by atoms with Crippen LogP contribution in [0.25, 0.3) is 10.2 Å². The Morgan fingerprint density at radius 2 is 1.96 bits per heavy atom. The van der Waals surface area contributed by atoms with Crippen LogP contribution in [0.5, 0.6) is 0 Å². The molecule has 27 heavy (non-hydrogen) atoms. The van der Waals surface area contributed by atoms with Gasteiger partial charge in [0.25, 0.3) is 5.56 Å². The number of thiophene rings is 1. The second kappa shape index (κ2) is 7.46. The molecule has 6 nitrogen and oxygen atoms in total. The van der Waals surface area contributed by atoms with Crippen LogP contribution >= 0.6 is 11.3 Å². The summed E-state index contributed by atoms with van der Waals surface area (Å²) in [4.78, 5) is 36.4. The molecule has 0 saturated carbocycles. The summed E-state index contributed by atoms with van der Waals surface area (Å²) in [6, 6.07) is 0. The van der Waals surface area contributed by atoms with E-state index in [0.717, 1.165) is 35.4 Å². The minimum absolute atomic E-state index is 0.0568. The molecule has 4 rings (SSSR count). The van der Waals surface area contributed by atoms with Crippen molar-refractivity contribution >= 4 is 33.4 Å². The fraction of sp³-hybridized carbons (Fsp3) is 0.550. The third kappa shape index (κ3) is 3.18. The summed E-state index contributed by atoms with van der Waals surface area (Å²) in [5, 5.41) is 0.820. The minimum atomic E-state index is 0.0568. The molecule has 0 unspecified atom stereocenters. The number of hydrogen-bond donors (Lipinski definition) is 0. The van der Waals surface area contributed by atoms with E-state index in [1.54, 1.807) is 22.0 Å². The average Bonchev–Trinajstić information content (AvgIpc) is 3.08. The van der Waals surface area contributed by atoms with Crippen LogP contribution < -0.4 is 10.5 Å². The van der Waals surface area contributed by atoms with Crippen molar-refractivity contribution < 1.29 is 4.79 Å². The van der Waals surface area contributed by atoms with E-state index in [0.29, 0.717) is 39.1 Å². The van der Waals surface area contributed by atoms with Gasteiger partial charge in [0.2, 0.25) is 11.9 Å². The second-order valence-corrected chi connectivity index (χ2v) is 8.31. The number of amides is 1. The summed E-state index contributed by atoms with van der Waals surface area (Å²) in [5.74, 6) is 0.905. The van der Waals surface area contributed by atoms with Crippen molar-refractivity contribution in [3.63, 3.8) is 0 Å². The quantitative estimate of drug-likeness (QED) is 0.758. The lowest BCUT2D eigenvalue weighted by Gasteiger charge is -2.36. The van der Waals surface area contributed by atoms with E-state index in [1.807, 2.05) is 11.8 Å². The molecular weight excluding hydrogens is 360 g/mol. The molecule has 1 aliphatic heterocycles. The zero-order valence-electron chi connectivity index (χ0n) is 15.9. The Kier molecular flexibility index (Phi) is 5.04. The number of allylic oxidation sites excluding steroid dienone is 1. The number of rotatable bonds is 4. The number of hydrogen-bond acceptors (Lipinski definition) is 5. The lowest BCUT2D eigenvalue weighted by molar-refractivity contribution is -0.131. The van der Waals surface area contributed by atoms with E-state index < -0.39 is 0 Å². The Labute approximate surface area is 163 Å². The van der Waals surface area contributed by atoms with E-state index >= 15 is 0 Å². The zero-order chi connectivity index (χ0) is 19.0. The number of carbonyl (C=O) groups is 1. The summed E-state index contributed by atoms with van der Waals surface area (Å²) in [5.41, 5.74) is 1.28. The Morgan fingerprint density at radius 1 is 1.22 bits per heavy atom. The molecule has 2 aromatic heterocycles. The molecule has 0 radical (unpaired) electrons. The molecule has 0 bridgehead atoms. The highest BCUT2D eigenvalue weighted by Crippen LogP contribution is 2.34. The van der Waals surface area contributed by atoms with Gasteiger partial charge in [-0.3, -0.25) is 14.2 Å². The number of fused-ring (bicyclic) bond motifs is 3. The molecule has 1 amide bonds. The Balaban J connectivity index is 1.74. The third-order valence-electron chi connectivity index (χ3n) is 5.58. The van der Waals surface area contributed by atoms with Crippen molar-refractivity contribution in [2.45, 2.75) is 45.6 Å². The number of carbonyl (C=O) groups excluding carboxylic acids is 1. The highest BCUT2D eigenvalue weighted by Gasteiger charge is 2.26. The van der Waals surface area contributed by atoms with Crippen LogP contribution in [0.2, 0.25) is 0 Å². The first-order valence-electron chi connectivity index (χ1n) is 9.82. The van der Waals surface area contributed by atoms with Crippen LogP contribution in [0.1, 0.15) is 36.6 Å². The van der Waals surface area contributed by atoms with Crippen molar-refractivity contribution in [2.75, 3.05) is 31.1 Å². The lowest BCUT2D eigenvalue weighted by Crippen LogP contribution is -2.50. The summed E-state index contributed by atoms with van der Waals surface area (Å²) in [7, 11) is 0. The van der Waals surface area contributed by atoms with Gasteiger partial charge < -0.3 is 9.80 Å². The van der Waals surface area contributed by atoms with Gasteiger partial charge in [0.15, 0.2) is 0 Å². The van der Waals surface area contributed by atoms with Crippen molar-refractivity contribution in [1.82, 2.24) is 14.5 Å². The van der Waals surface area contributed by atoms with Gasteiger partial charge in [0.05, 0.1) is 5.39 Å². The van der Waals surface area contributed by atoms with Crippen LogP contribution in [-0.2, 0) is 24.2 Å². The molecule has 1 saturated heterocycles. The van der Waals surface area contributed by atoms with Gasteiger partial charge in [-0.2, -0.15) is 0 Å². The predicted octanol–water partition coefficient (Wildman–Crippen LogP) is 2.58. The molecule has 3 heterocycles. The first kappa shape index (κ1) is 18.2. The normalized spacial score (nSPS) is 17.2. The van der Waals surface area contributed by atoms with Crippen molar-refractivity contribution in [3.05, 3.63) is 33.4 Å². The van der Waals surface area contributed by atoms with Crippen LogP contribution in [0.15, 0.2) is 17.4 Å². The SMILES string of the molecule is C=CCn1c(N2CCN(C(=O)CC)CC2)nc2sc3c(c2c1=O)CCCC3. The smallest absolute Gasteiger partial charge is 0.264 e. The predicted molar refractivity (Wildman–Crippen MR) is 110 cm³/mol. The second-order valence-electron chi connectivity index (χ2n) is 7.23. The molecule has 0 N–H and O–H groups in total. The van der Waals surface area contributed by atoms with Crippen molar-refractivity contribution in [2.24, 2.45) is 0 Å². The van der Waals surface area contributed by atoms with E-state index in [1.165, 1.54) is 16.9 Å². The van der Waals surface area contributed by atoms with E-state index in [2.05, 4.69) is 11.5 Å². The molecule has 0 aromatic carbocycles. The van der Waals surface area contributed by atoms with Gasteiger partial charge in [-0.25, -0.2) is 4.98 Å². The van der Waals surface area contributed by atoms with Crippen LogP contribution in [0.3, 0.4) is 0 Å². The van der Waals surface area contributed by atoms with Crippen LogP contribution in [0, 0.1) is 0 Å².